The lowest BCUT2D eigenvalue weighted by atomic mass is 9.91. The minimum atomic E-state index is -4.95. The van der Waals surface area contributed by atoms with E-state index in [-0.39, 0.29) is 29.9 Å². The van der Waals surface area contributed by atoms with Crippen molar-refractivity contribution in [2.24, 2.45) is 0 Å². The number of halogens is 5. The number of hydrogen-bond acceptors (Lipinski definition) is 7. The highest BCUT2D eigenvalue weighted by Crippen LogP contribution is 2.36. The Morgan fingerprint density at radius 1 is 0.938 bits per heavy atom. The molecule has 4 aromatic rings. The van der Waals surface area contributed by atoms with Crippen molar-refractivity contribution in [1.29, 1.82) is 0 Å². The molecule has 0 radical (unpaired) electrons. The first-order valence-electron chi connectivity index (χ1n) is 15.4. The number of benzene rings is 2. The number of oxazole rings is 1. The molecule has 3 amide bonds. The van der Waals surface area contributed by atoms with Crippen LogP contribution in [0.2, 0.25) is 0 Å². The molecule has 2 N–H and O–H groups in total. The lowest BCUT2D eigenvalue weighted by Gasteiger charge is -2.34. The molecule has 2 aliphatic heterocycles. The SMILES string of the molecule is O=C(Nc1ccc(CN2CCN(C(=O)Nc3ccccc3F)CC2)nc1)c1oc(N2CCCC(c3cccc(F)c3)C2)nc1C(F)(F)F. The number of alkyl halides is 3. The summed E-state index contributed by atoms with van der Waals surface area (Å²) in [5.74, 6) is -3.15. The van der Waals surface area contributed by atoms with Gasteiger partial charge in [0, 0.05) is 51.7 Å². The number of piperazine rings is 1. The number of nitrogens with zero attached hydrogens (tertiary/aromatic N) is 5. The molecule has 1 unspecified atom stereocenters. The number of anilines is 3. The maximum absolute atomic E-state index is 14.0. The van der Waals surface area contributed by atoms with E-state index in [1.807, 2.05) is 0 Å². The van der Waals surface area contributed by atoms with Crippen molar-refractivity contribution in [1.82, 2.24) is 19.8 Å². The number of rotatable bonds is 7. The van der Waals surface area contributed by atoms with Crippen LogP contribution in [0.15, 0.2) is 71.3 Å². The molecule has 4 heterocycles. The average Bonchev–Trinajstić information content (AvgIpc) is 3.54. The van der Waals surface area contributed by atoms with Crippen molar-refractivity contribution in [2.75, 3.05) is 54.8 Å². The molecule has 0 saturated carbocycles. The lowest BCUT2D eigenvalue weighted by Crippen LogP contribution is -2.49. The smallest absolute Gasteiger partial charge is 0.417 e. The van der Waals surface area contributed by atoms with E-state index >= 15 is 0 Å². The zero-order chi connectivity index (χ0) is 33.8. The van der Waals surface area contributed by atoms with E-state index in [0.29, 0.717) is 57.8 Å². The molecule has 10 nitrogen and oxygen atoms in total. The van der Waals surface area contributed by atoms with Gasteiger partial charge in [-0.2, -0.15) is 18.2 Å². The van der Waals surface area contributed by atoms with Crippen molar-refractivity contribution in [3.8, 4) is 0 Å². The van der Waals surface area contributed by atoms with Gasteiger partial charge in [0.15, 0.2) is 5.69 Å². The number of para-hydroxylation sites is 1. The van der Waals surface area contributed by atoms with E-state index in [1.54, 1.807) is 29.2 Å². The number of amides is 3. The van der Waals surface area contributed by atoms with Gasteiger partial charge in [-0.05, 0) is 54.8 Å². The molecular formula is C33H32F5N7O3. The molecule has 2 saturated heterocycles. The third-order valence-corrected chi connectivity index (χ3v) is 8.35. The Kier molecular flexibility index (Phi) is 9.57. The minimum Gasteiger partial charge on any atom is -0.417 e. The molecule has 2 aromatic heterocycles. The maximum Gasteiger partial charge on any atom is 0.437 e. The Balaban J connectivity index is 1.05. The Bertz CT molecular complexity index is 1760. The maximum atomic E-state index is 14.0. The summed E-state index contributed by atoms with van der Waals surface area (Å²) in [5.41, 5.74) is 0.205. The van der Waals surface area contributed by atoms with Crippen molar-refractivity contribution < 1.29 is 36.0 Å². The normalized spacial score (nSPS) is 17.3. The number of aromatic nitrogens is 2. The van der Waals surface area contributed by atoms with Gasteiger partial charge in [-0.15, -0.1) is 0 Å². The van der Waals surface area contributed by atoms with Crippen molar-refractivity contribution in [2.45, 2.75) is 31.5 Å². The summed E-state index contributed by atoms with van der Waals surface area (Å²) in [4.78, 5) is 38.8. The average molecular weight is 670 g/mol. The highest BCUT2D eigenvalue weighted by molar-refractivity contribution is 6.03. The molecule has 2 aliphatic rings. The van der Waals surface area contributed by atoms with Crippen LogP contribution >= 0.6 is 0 Å². The largest absolute Gasteiger partial charge is 0.437 e. The van der Waals surface area contributed by atoms with Crippen molar-refractivity contribution in [3.63, 3.8) is 0 Å². The monoisotopic (exact) mass is 669 g/mol. The number of hydrogen-bond donors (Lipinski definition) is 2. The van der Waals surface area contributed by atoms with Crippen molar-refractivity contribution >= 4 is 29.3 Å². The quantitative estimate of drug-likeness (QED) is 0.221. The highest BCUT2D eigenvalue weighted by atomic mass is 19.4. The van der Waals surface area contributed by atoms with Crippen LogP contribution in [-0.2, 0) is 12.7 Å². The number of piperidine rings is 1. The van der Waals surface area contributed by atoms with Crippen LogP contribution in [0.1, 0.15) is 46.3 Å². The van der Waals surface area contributed by atoms with Gasteiger partial charge in [-0.1, -0.05) is 24.3 Å². The first-order chi connectivity index (χ1) is 23.0. The summed E-state index contributed by atoms with van der Waals surface area (Å²) in [6, 6.07) is 14.5. The molecule has 252 valence electrons. The number of urea groups is 1. The summed E-state index contributed by atoms with van der Waals surface area (Å²) in [7, 11) is 0. The second-order valence-electron chi connectivity index (χ2n) is 11.7. The molecule has 2 fully saturated rings. The van der Waals surface area contributed by atoms with Crippen LogP contribution in [0, 0.1) is 11.6 Å². The summed E-state index contributed by atoms with van der Waals surface area (Å²) in [6.45, 7) is 2.97. The summed E-state index contributed by atoms with van der Waals surface area (Å²) >= 11 is 0. The third-order valence-electron chi connectivity index (χ3n) is 8.35. The van der Waals surface area contributed by atoms with Gasteiger partial charge in [0.25, 0.3) is 11.9 Å². The lowest BCUT2D eigenvalue weighted by molar-refractivity contribution is -0.141. The molecule has 0 bridgehead atoms. The minimum absolute atomic E-state index is 0.109. The van der Waals surface area contributed by atoms with Crippen LogP contribution in [0.25, 0.3) is 0 Å². The van der Waals surface area contributed by atoms with Gasteiger partial charge in [0.1, 0.15) is 11.6 Å². The van der Waals surface area contributed by atoms with E-state index in [4.69, 9.17) is 4.42 Å². The number of pyridine rings is 1. The second kappa shape index (κ2) is 14.0. The molecule has 2 aromatic carbocycles. The predicted molar refractivity (Wildman–Crippen MR) is 167 cm³/mol. The highest BCUT2D eigenvalue weighted by Gasteiger charge is 2.42. The summed E-state index contributed by atoms with van der Waals surface area (Å²) in [6.07, 6.45) is -2.28. The third kappa shape index (κ3) is 7.73. The van der Waals surface area contributed by atoms with Crippen LogP contribution in [-0.4, -0.2) is 71.0 Å². The zero-order valence-electron chi connectivity index (χ0n) is 25.6. The first kappa shape index (κ1) is 32.9. The first-order valence-corrected chi connectivity index (χ1v) is 15.4. The van der Waals surface area contributed by atoms with Crippen molar-refractivity contribution in [3.05, 3.63) is 101 Å². The second-order valence-corrected chi connectivity index (χ2v) is 11.7. The summed E-state index contributed by atoms with van der Waals surface area (Å²) in [5, 5.41) is 4.99. The molecule has 48 heavy (non-hydrogen) atoms. The Morgan fingerprint density at radius 3 is 2.44 bits per heavy atom. The molecule has 15 heteroatoms. The summed E-state index contributed by atoms with van der Waals surface area (Å²) < 4.78 is 75.0. The van der Waals surface area contributed by atoms with Gasteiger partial charge in [0.2, 0.25) is 5.76 Å². The fraction of sp³-hybridized carbons (Fsp3) is 0.333. The fourth-order valence-electron chi connectivity index (χ4n) is 5.85. The fourth-order valence-corrected chi connectivity index (χ4v) is 5.85. The molecule has 6 rings (SSSR count). The Labute approximate surface area is 272 Å². The molecular weight excluding hydrogens is 637 g/mol. The van der Waals surface area contributed by atoms with Gasteiger partial charge in [-0.3, -0.25) is 14.7 Å². The van der Waals surface area contributed by atoms with Gasteiger partial charge >= 0.3 is 12.2 Å². The predicted octanol–water partition coefficient (Wildman–Crippen LogP) is 6.35. The Morgan fingerprint density at radius 2 is 1.73 bits per heavy atom. The molecule has 0 aliphatic carbocycles. The topological polar surface area (TPSA) is 107 Å². The van der Waals surface area contributed by atoms with E-state index in [2.05, 4.69) is 25.5 Å². The number of nitrogens with one attached hydrogen (secondary N) is 2. The van der Waals surface area contributed by atoms with Crippen LogP contribution in [0.5, 0.6) is 0 Å². The molecule has 0 spiro atoms. The van der Waals surface area contributed by atoms with E-state index in [9.17, 15) is 31.5 Å². The van der Waals surface area contributed by atoms with E-state index in [0.717, 1.165) is 5.56 Å². The van der Waals surface area contributed by atoms with Gasteiger partial charge in [-0.25, -0.2) is 13.6 Å². The molecule has 1 atom stereocenters. The number of carbonyl (C=O) groups is 2. The van der Waals surface area contributed by atoms with E-state index < -0.39 is 41.2 Å². The number of carbonyl (C=O) groups excluding carboxylic acids is 2. The van der Waals surface area contributed by atoms with Crippen LogP contribution in [0.4, 0.5) is 44.1 Å². The van der Waals surface area contributed by atoms with Gasteiger partial charge in [0.05, 0.1) is 23.3 Å². The van der Waals surface area contributed by atoms with Crippen LogP contribution < -0.4 is 15.5 Å². The zero-order valence-corrected chi connectivity index (χ0v) is 25.6. The van der Waals surface area contributed by atoms with E-state index in [1.165, 1.54) is 47.5 Å². The van der Waals surface area contributed by atoms with Gasteiger partial charge < -0.3 is 24.9 Å². The standard InChI is InChI=1S/C33H32F5N7O3/c34-23-7-3-5-21(17-23)22-6-4-12-45(19-22)32-42-29(33(36,37)38)28(48-32)30(46)40-24-10-11-25(39-18-24)20-43-13-15-44(16-14-43)31(47)41-27-9-2-1-8-26(27)35/h1-3,5,7-11,17-18,22H,4,6,12-16,19-20H2,(H,40,46)(H,41,47). The van der Waals surface area contributed by atoms with Crippen LogP contribution in [0.3, 0.4) is 0 Å². The Hall–Kier alpha value is -5.05.